The highest BCUT2D eigenvalue weighted by molar-refractivity contribution is 9.10. The summed E-state index contributed by atoms with van der Waals surface area (Å²) in [6.07, 6.45) is 2.45. The van der Waals surface area contributed by atoms with Gasteiger partial charge in [-0.15, -0.1) is 0 Å². The molecule has 1 atom stereocenters. The molecule has 0 saturated carbocycles. The van der Waals surface area contributed by atoms with Gasteiger partial charge >= 0.3 is 0 Å². The molecule has 0 fully saturated rings. The van der Waals surface area contributed by atoms with Crippen LogP contribution in [0, 0.1) is 5.82 Å². The molecular weight excluding hydrogens is 309 g/mol. The van der Waals surface area contributed by atoms with Crippen LogP contribution in [0.15, 0.2) is 34.9 Å². The third-order valence-electron chi connectivity index (χ3n) is 2.98. The largest absolute Gasteiger partial charge is 0.324 e. The van der Waals surface area contributed by atoms with Gasteiger partial charge in [-0.2, -0.15) is 5.10 Å². The summed E-state index contributed by atoms with van der Waals surface area (Å²) in [5.74, 6) is -0.287. The van der Waals surface area contributed by atoms with E-state index in [1.807, 2.05) is 16.9 Å². The van der Waals surface area contributed by atoms with Crippen molar-refractivity contribution in [3.63, 3.8) is 0 Å². The molecular formula is C14H17BrFN3. The van der Waals surface area contributed by atoms with Crippen molar-refractivity contribution in [3.8, 4) is 0 Å². The van der Waals surface area contributed by atoms with Gasteiger partial charge < -0.3 is 5.73 Å². The second-order valence-electron chi connectivity index (χ2n) is 4.86. The van der Waals surface area contributed by atoms with E-state index in [4.69, 9.17) is 5.73 Å². The molecule has 0 aliphatic rings. The Morgan fingerprint density at radius 3 is 2.68 bits per heavy atom. The fourth-order valence-electron chi connectivity index (χ4n) is 1.91. The molecule has 3 nitrogen and oxygen atoms in total. The molecule has 1 aromatic heterocycles. The number of hydrogen-bond donors (Lipinski definition) is 1. The van der Waals surface area contributed by atoms with E-state index in [9.17, 15) is 4.39 Å². The molecule has 1 unspecified atom stereocenters. The lowest BCUT2D eigenvalue weighted by Crippen LogP contribution is -2.15. The Morgan fingerprint density at radius 1 is 1.37 bits per heavy atom. The van der Waals surface area contributed by atoms with E-state index in [2.05, 4.69) is 34.9 Å². The first-order valence-electron chi connectivity index (χ1n) is 6.22. The number of benzene rings is 1. The average molecular weight is 326 g/mol. The molecule has 2 rings (SSSR count). The van der Waals surface area contributed by atoms with Crippen molar-refractivity contribution >= 4 is 15.9 Å². The van der Waals surface area contributed by atoms with Crippen LogP contribution in [0.5, 0.6) is 0 Å². The molecule has 0 amide bonds. The van der Waals surface area contributed by atoms with Gasteiger partial charge in [-0.1, -0.05) is 22.0 Å². The van der Waals surface area contributed by atoms with Crippen molar-refractivity contribution < 1.29 is 4.39 Å². The minimum absolute atomic E-state index is 0.287. The molecule has 0 radical (unpaired) electrons. The van der Waals surface area contributed by atoms with Gasteiger partial charge in [0.25, 0.3) is 0 Å². The highest BCUT2D eigenvalue weighted by Crippen LogP contribution is 2.22. The van der Waals surface area contributed by atoms with Gasteiger partial charge in [0.05, 0.1) is 5.69 Å². The molecule has 1 aromatic carbocycles. The zero-order chi connectivity index (χ0) is 14.0. The summed E-state index contributed by atoms with van der Waals surface area (Å²) in [7, 11) is 0. The SMILES string of the molecule is CC(C)n1ccc(CC(N)c2ccc(Br)cc2F)n1. The Kier molecular flexibility index (Phi) is 4.37. The summed E-state index contributed by atoms with van der Waals surface area (Å²) in [6, 6.07) is 6.80. The van der Waals surface area contributed by atoms with Crippen molar-refractivity contribution in [2.24, 2.45) is 5.73 Å². The number of nitrogens with two attached hydrogens (primary N) is 1. The smallest absolute Gasteiger partial charge is 0.129 e. The van der Waals surface area contributed by atoms with Gasteiger partial charge in [-0.05, 0) is 32.0 Å². The van der Waals surface area contributed by atoms with Crippen LogP contribution in [0.3, 0.4) is 0 Å². The van der Waals surface area contributed by atoms with Gasteiger partial charge in [0.2, 0.25) is 0 Å². The first kappa shape index (κ1) is 14.2. The highest BCUT2D eigenvalue weighted by Gasteiger charge is 2.14. The first-order valence-corrected chi connectivity index (χ1v) is 7.01. The fourth-order valence-corrected chi connectivity index (χ4v) is 2.24. The van der Waals surface area contributed by atoms with Crippen molar-refractivity contribution in [1.29, 1.82) is 0 Å². The average Bonchev–Trinajstić information content (AvgIpc) is 2.77. The zero-order valence-electron chi connectivity index (χ0n) is 11.0. The van der Waals surface area contributed by atoms with E-state index in [-0.39, 0.29) is 11.9 Å². The van der Waals surface area contributed by atoms with E-state index in [0.29, 0.717) is 22.5 Å². The van der Waals surface area contributed by atoms with Crippen molar-refractivity contribution in [2.45, 2.75) is 32.4 Å². The van der Waals surface area contributed by atoms with Gasteiger partial charge in [0.1, 0.15) is 5.82 Å². The Bertz CT molecular complexity index is 566. The summed E-state index contributed by atoms with van der Waals surface area (Å²) in [5, 5.41) is 4.43. The second kappa shape index (κ2) is 5.84. The minimum Gasteiger partial charge on any atom is -0.324 e. The number of hydrogen-bond acceptors (Lipinski definition) is 2. The van der Waals surface area contributed by atoms with Crippen LogP contribution in [0.4, 0.5) is 4.39 Å². The molecule has 19 heavy (non-hydrogen) atoms. The highest BCUT2D eigenvalue weighted by atomic mass is 79.9. The van der Waals surface area contributed by atoms with Crippen molar-refractivity contribution in [2.75, 3.05) is 0 Å². The maximum Gasteiger partial charge on any atom is 0.129 e. The molecule has 0 aliphatic heterocycles. The van der Waals surface area contributed by atoms with Crippen LogP contribution in [0.1, 0.15) is 37.2 Å². The fraction of sp³-hybridized carbons (Fsp3) is 0.357. The van der Waals surface area contributed by atoms with Crippen LogP contribution in [0.25, 0.3) is 0 Å². The maximum atomic E-state index is 13.8. The summed E-state index contributed by atoms with van der Waals surface area (Å²) in [4.78, 5) is 0. The van der Waals surface area contributed by atoms with Crippen LogP contribution < -0.4 is 5.73 Å². The number of halogens is 2. The van der Waals surface area contributed by atoms with E-state index >= 15 is 0 Å². The number of aromatic nitrogens is 2. The van der Waals surface area contributed by atoms with Crippen LogP contribution in [-0.2, 0) is 6.42 Å². The summed E-state index contributed by atoms with van der Waals surface area (Å²) in [6.45, 7) is 4.12. The van der Waals surface area contributed by atoms with Gasteiger partial charge in [0.15, 0.2) is 0 Å². The molecule has 0 bridgehead atoms. The van der Waals surface area contributed by atoms with Gasteiger partial charge in [0, 0.05) is 34.7 Å². The molecule has 102 valence electrons. The Balaban J connectivity index is 2.13. The molecule has 2 aromatic rings. The lowest BCUT2D eigenvalue weighted by Gasteiger charge is -2.12. The van der Waals surface area contributed by atoms with E-state index < -0.39 is 0 Å². The second-order valence-corrected chi connectivity index (χ2v) is 5.77. The van der Waals surface area contributed by atoms with Crippen molar-refractivity contribution in [3.05, 3.63) is 52.0 Å². The van der Waals surface area contributed by atoms with Crippen LogP contribution in [-0.4, -0.2) is 9.78 Å². The number of nitrogens with zero attached hydrogens (tertiary/aromatic N) is 2. The van der Waals surface area contributed by atoms with Gasteiger partial charge in [-0.25, -0.2) is 4.39 Å². The Morgan fingerprint density at radius 2 is 2.11 bits per heavy atom. The lowest BCUT2D eigenvalue weighted by atomic mass is 10.0. The monoisotopic (exact) mass is 325 g/mol. The normalized spacial score (nSPS) is 12.9. The standard InChI is InChI=1S/C14H17BrFN3/c1-9(2)19-6-5-11(18-19)8-14(17)12-4-3-10(15)7-13(12)16/h3-7,9,14H,8,17H2,1-2H3. The zero-order valence-corrected chi connectivity index (χ0v) is 12.6. The lowest BCUT2D eigenvalue weighted by molar-refractivity contribution is 0.520. The van der Waals surface area contributed by atoms with E-state index in [1.54, 1.807) is 12.1 Å². The molecule has 2 N–H and O–H groups in total. The Hall–Kier alpha value is -1.20. The minimum atomic E-state index is -0.386. The third-order valence-corrected chi connectivity index (χ3v) is 3.48. The first-order chi connectivity index (χ1) is 8.97. The third kappa shape index (κ3) is 3.42. The van der Waals surface area contributed by atoms with E-state index in [0.717, 1.165) is 5.69 Å². The summed E-state index contributed by atoms with van der Waals surface area (Å²) < 4.78 is 16.4. The molecule has 5 heteroatoms. The summed E-state index contributed by atoms with van der Waals surface area (Å²) >= 11 is 3.23. The van der Waals surface area contributed by atoms with Crippen LogP contribution >= 0.6 is 15.9 Å². The predicted molar refractivity (Wildman–Crippen MR) is 77.3 cm³/mol. The predicted octanol–water partition coefficient (Wildman–Crippen LogP) is 3.61. The topological polar surface area (TPSA) is 43.8 Å². The maximum absolute atomic E-state index is 13.8. The Labute approximate surface area is 120 Å². The quantitative estimate of drug-likeness (QED) is 0.933. The molecule has 0 spiro atoms. The van der Waals surface area contributed by atoms with E-state index in [1.165, 1.54) is 6.07 Å². The molecule has 1 heterocycles. The summed E-state index contributed by atoms with van der Waals surface area (Å²) in [5.41, 5.74) is 7.45. The molecule has 0 saturated heterocycles. The molecule has 0 aliphatic carbocycles. The van der Waals surface area contributed by atoms with Gasteiger partial charge in [-0.3, -0.25) is 4.68 Å². The number of rotatable bonds is 4. The van der Waals surface area contributed by atoms with Crippen molar-refractivity contribution in [1.82, 2.24) is 9.78 Å². The van der Waals surface area contributed by atoms with Crippen LogP contribution in [0.2, 0.25) is 0 Å².